The van der Waals surface area contributed by atoms with Gasteiger partial charge in [-0.15, -0.1) is 0 Å². The molecule has 1 saturated heterocycles. The molecule has 29 heavy (non-hydrogen) atoms. The molecule has 7 heteroatoms. The molecule has 0 aliphatic carbocycles. The number of aromatic nitrogens is 2. The maximum Gasteiger partial charge on any atom is 0.132 e. The molecule has 1 aromatic carbocycles. The molecular formula is C22H33N5O2. The second-order valence-electron chi connectivity index (χ2n) is 8.38. The number of ether oxygens (including phenoxy) is 1. The minimum absolute atomic E-state index is 0.590. The van der Waals surface area contributed by atoms with Gasteiger partial charge in [-0.2, -0.15) is 0 Å². The molecule has 1 aromatic heterocycles. The Balaban J connectivity index is 1.49. The average molecular weight is 400 g/mol. The molecule has 7 nitrogen and oxygen atoms in total. The number of hydrogen-bond donors (Lipinski definition) is 1. The SMILES string of the molecule is Cc1cc(N2CC[C@](O)(CN(C)Cc3ccc(OCCN(C)C)cc3)C2)ncn1. The van der Waals surface area contributed by atoms with Crippen molar-refractivity contribution < 1.29 is 9.84 Å². The van der Waals surface area contributed by atoms with Crippen LogP contribution in [0.4, 0.5) is 5.82 Å². The first kappa shape index (κ1) is 21.5. The van der Waals surface area contributed by atoms with E-state index < -0.39 is 5.60 Å². The summed E-state index contributed by atoms with van der Waals surface area (Å²) < 4.78 is 5.75. The highest BCUT2D eigenvalue weighted by molar-refractivity contribution is 5.41. The molecule has 3 rings (SSSR count). The van der Waals surface area contributed by atoms with Gasteiger partial charge in [-0.05, 0) is 52.2 Å². The average Bonchev–Trinajstić information content (AvgIpc) is 3.04. The normalized spacial score (nSPS) is 19.3. The van der Waals surface area contributed by atoms with Crippen molar-refractivity contribution in [1.29, 1.82) is 0 Å². The fraction of sp³-hybridized carbons (Fsp3) is 0.545. The van der Waals surface area contributed by atoms with E-state index in [4.69, 9.17) is 4.74 Å². The largest absolute Gasteiger partial charge is 0.492 e. The van der Waals surface area contributed by atoms with Crippen molar-refractivity contribution in [1.82, 2.24) is 19.8 Å². The van der Waals surface area contributed by atoms with Crippen LogP contribution in [0.1, 0.15) is 17.7 Å². The molecular weight excluding hydrogens is 366 g/mol. The third kappa shape index (κ3) is 6.39. The van der Waals surface area contributed by atoms with Gasteiger partial charge in [0.15, 0.2) is 0 Å². The van der Waals surface area contributed by atoms with Gasteiger partial charge in [0.2, 0.25) is 0 Å². The van der Waals surface area contributed by atoms with Crippen LogP contribution < -0.4 is 9.64 Å². The molecule has 0 saturated carbocycles. The standard InChI is InChI=1S/C22H33N5O2/c1-18-13-21(24-17-23-18)27-10-9-22(28,16-27)15-26(4)14-19-5-7-20(8-6-19)29-12-11-25(2)3/h5-8,13,17,28H,9-12,14-16H2,1-4H3/t22-/m0/s1. The van der Waals surface area contributed by atoms with Crippen LogP contribution >= 0.6 is 0 Å². The molecule has 0 amide bonds. The van der Waals surface area contributed by atoms with Crippen molar-refractivity contribution >= 4 is 5.82 Å². The molecule has 0 radical (unpaired) electrons. The number of aryl methyl sites for hydroxylation is 1. The number of likely N-dealkylation sites (N-methyl/N-ethyl adjacent to an activating group) is 2. The van der Waals surface area contributed by atoms with E-state index in [0.717, 1.165) is 43.3 Å². The van der Waals surface area contributed by atoms with Crippen molar-refractivity contribution in [2.75, 3.05) is 58.8 Å². The number of β-amino-alcohol motifs (C(OH)–C–C–N with tert-alkyl or cyclic N) is 1. The lowest BCUT2D eigenvalue weighted by Gasteiger charge is -2.29. The van der Waals surface area contributed by atoms with Crippen LogP contribution in [0, 0.1) is 6.92 Å². The van der Waals surface area contributed by atoms with Crippen molar-refractivity contribution in [3.63, 3.8) is 0 Å². The fourth-order valence-corrected chi connectivity index (χ4v) is 3.70. The van der Waals surface area contributed by atoms with Crippen LogP contribution in [0.3, 0.4) is 0 Å². The zero-order valence-electron chi connectivity index (χ0n) is 18.0. The maximum atomic E-state index is 11.1. The van der Waals surface area contributed by atoms with Gasteiger partial charge < -0.3 is 19.6 Å². The highest BCUT2D eigenvalue weighted by atomic mass is 16.5. The van der Waals surface area contributed by atoms with E-state index in [2.05, 4.69) is 43.8 Å². The first-order chi connectivity index (χ1) is 13.8. The first-order valence-corrected chi connectivity index (χ1v) is 10.1. The Bertz CT molecular complexity index is 783. The zero-order valence-corrected chi connectivity index (χ0v) is 18.0. The molecule has 2 heterocycles. The molecule has 0 spiro atoms. The van der Waals surface area contributed by atoms with E-state index in [9.17, 15) is 5.11 Å². The Hall–Kier alpha value is -2.22. The van der Waals surface area contributed by atoms with Gasteiger partial charge in [0.25, 0.3) is 0 Å². The quantitative estimate of drug-likeness (QED) is 0.690. The molecule has 1 aliphatic heterocycles. The van der Waals surface area contributed by atoms with E-state index in [1.54, 1.807) is 6.33 Å². The minimum atomic E-state index is -0.733. The molecule has 0 unspecified atom stereocenters. The molecule has 1 aliphatic rings. The zero-order chi connectivity index (χ0) is 20.9. The van der Waals surface area contributed by atoms with Gasteiger partial charge in [-0.1, -0.05) is 12.1 Å². The lowest BCUT2D eigenvalue weighted by Crippen LogP contribution is -2.43. The molecule has 0 bridgehead atoms. The van der Waals surface area contributed by atoms with Crippen molar-refractivity contribution in [3.8, 4) is 5.75 Å². The number of hydrogen-bond acceptors (Lipinski definition) is 7. The van der Waals surface area contributed by atoms with Gasteiger partial charge in [0.1, 0.15) is 24.5 Å². The number of benzene rings is 1. The monoisotopic (exact) mass is 399 g/mol. The van der Waals surface area contributed by atoms with E-state index in [-0.39, 0.29) is 0 Å². The second-order valence-corrected chi connectivity index (χ2v) is 8.38. The third-order valence-electron chi connectivity index (χ3n) is 5.19. The minimum Gasteiger partial charge on any atom is -0.492 e. The summed E-state index contributed by atoms with van der Waals surface area (Å²) in [5.41, 5.74) is 1.41. The Morgan fingerprint density at radius 2 is 1.93 bits per heavy atom. The molecule has 1 fully saturated rings. The van der Waals surface area contributed by atoms with Crippen LogP contribution in [0.15, 0.2) is 36.7 Å². The fourth-order valence-electron chi connectivity index (χ4n) is 3.70. The van der Waals surface area contributed by atoms with Gasteiger partial charge in [0.05, 0.1) is 5.60 Å². The lowest BCUT2D eigenvalue weighted by molar-refractivity contribution is 0.0279. The second kappa shape index (κ2) is 9.52. The topological polar surface area (TPSA) is 65.0 Å². The molecule has 2 aromatic rings. The number of rotatable bonds is 9. The van der Waals surface area contributed by atoms with Gasteiger partial charge >= 0.3 is 0 Å². The predicted molar refractivity (Wildman–Crippen MR) is 115 cm³/mol. The van der Waals surface area contributed by atoms with Crippen LogP contribution in [0.25, 0.3) is 0 Å². The summed E-state index contributed by atoms with van der Waals surface area (Å²) in [5.74, 6) is 1.78. The first-order valence-electron chi connectivity index (χ1n) is 10.1. The molecule has 1 N–H and O–H groups in total. The van der Waals surface area contributed by atoms with E-state index in [0.29, 0.717) is 19.7 Å². The maximum absolute atomic E-state index is 11.1. The van der Waals surface area contributed by atoms with Crippen molar-refractivity contribution in [2.45, 2.75) is 25.5 Å². The van der Waals surface area contributed by atoms with Crippen LogP contribution in [0.5, 0.6) is 5.75 Å². The van der Waals surface area contributed by atoms with Gasteiger partial charge in [0, 0.05) is 44.5 Å². The lowest BCUT2D eigenvalue weighted by atomic mass is 10.0. The van der Waals surface area contributed by atoms with Gasteiger partial charge in [-0.3, -0.25) is 4.90 Å². The summed E-state index contributed by atoms with van der Waals surface area (Å²) in [4.78, 5) is 14.9. The van der Waals surface area contributed by atoms with E-state index in [1.165, 1.54) is 5.56 Å². The number of anilines is 1. The van der Waals surface area contributed by atoms with E-state index in [1.807, 2.05) is 39.2 Å². The highest BCUT2D eigenvalue weighted by Gasteiger charge is 2.37. The number of aliphatic hydroxyl groups is 1. The highest BCUT2D eigenvalue weighted by Crippen LogP contribution is 2.26. The van der Waals surface area contributed by atoms with Crippen LogP contribution in [-0.4, -0.2) is 84.4 Å². The smallest absolute Gasteiger partial charge is 0.132 e. The van der Waals surface area contributed by atoms with Crippen molar-refractivity contribution in [3.05, 3.63) is 47.9 Å². The van der Waals surface area contributed by atoms with Gasteiger partial charge in [-0.25, -0.2) is 9.97 Å². The number of nitrogens with zero attached hydrogens (tertiary/aromatic N) is 5. The summed E-state index contributed by atoms with van der Waals surface area (Å²) in [6.07, 6.45) is 2.32. The molecule has 158 valence electrons. The predicted octanol–water partition coefficient (Wildman–Crippen LogP) is 1.80. The Morgan fingerprint density at radius 3 is 2.62 bits per heavy atom. The van der Waals surface area contributed by atoms with Crippen LogP contribution in [0.2, 0.25) is 0 Å². The molecule has 1 atom stereocenters. The Morgan fingerprint density at radius 1 is 1.17 bits per heavy atom. The Kier molecular flexibility index (Phi) is 7.05. The van der Waals surface area contributed by atoms with Crippen molar-refractivity contribution in [2.24, 2.45) is 0 Å². The summed E-state index contributed by atoms with van der Waals surface area (Å²) in [5, 5.41) is 11.1. The van der Waals surface area contributed by atoms with E-state index >= 15 is 0 Å². The summed E-state index contributed by atoms with van der Waals surface area (Å²) in [7, 11) is 6.12. The summed E-state index contributed by atoms with van der Waals surface area (Å²) >= 11 is 0. The Labute approximate surface area is 173 Å². The summed E-state index contributed by atoms with van der Waals surface area (Å²) in [6.45, 7) is 6.34. The summed E-state index contributed by atoms with van der Waals surface area (Å²) in [6, 6.07) is 10.2. The third-order valence-corrected chi connectivity index (χ3v) is 5.19. The van der Waals surface area contributed by atoms with Crippen LogP contribution in [-0.2, 0) is 6.54 Å².